The lowest BCUT2D eigenvalue weighted by Crippen LogP contribution is -2.35. The molecule has 5 heterocycles. The second-order valence-corrected chi connectivity index (χ2v) is 13.3. The predicted octanol–water partition coefficient (Wildman–Crippen LogP) is 7.95. The summed E-state index contributed by atoms with van der Waals surface area (Å²) < 4.78 is 17.5. The number of likely N-dealkylation sites (tertiary alicyclic amines) is 1. The molecule has 0 bridgehead atoms. The van der Waals surface area contributed by atoms with E-state index in [0.29, 0.717) is 41.4 Å². The van der Waals surface area contributed by atoms with E-state index in [1.165, 1.54) is 11.5 Å². The normalized spacial score (nSPS) is 15.3. The average molecular weight is 605 g/mol. The number of aromatic nitrogens is 4. The van der Waals surface area contributed by atoms with Crippen LogP contribution in [0.25, 0.3) is 10.2 Å². The third kappa shape index (κ3) is 6.61. The largest absolute Gasteiger partial charge is 0.453 e. The van der Waals surface area contributed by atoms with Gasteiger partial charge in [-0.25, -0.2) is 14.8 Å². The van der Waals surface area contributed by atoms with Crippen molar-refractivity contribution in [2.45, 2.75) is 48.5 Å². The molecule has 1 fully saturated rings. The summed E-state index contributed by atoms with van der Waals surface area (Å²) in [6, 6.07) is 15.6. The number of nitrogens with zero attached hydrogens (tertiary/aromatic N) is 5. The van der Waals surface area contributed by atoms with Gasteiger partial charge in [0.2, 0.25) is 5.13 Å². The summed E-state index contributed by atoms with van der Waals surface area (Å²) in [5.74, 6) is 2.58. The molecule has 1 aromatic carbocycles. The highest BCUT2D eigenvalue weighted by Crippen LogP contribution is 2.39. The van der Waals surface area contributed by atoms with Crippen LogP contribution in [0.5, 0.6) is 11.5 Å². The van der Waals surface area contributed by atoms with Gasteiger partial charge in [-0.1, -0.05) is 30.0 Å². The number of para-hydroxylation sites is 1. The molecule has 0 spiro atoms. The molecule has 0 aliphatic carbocycles. The number of carbonyl (C=O) groups is 1. The lowest BCUT2D eigenvalue weighted by Gasteiger charge is -2.24. The van der Waals surface area contributed by atoms with Crippen molar-refractivity contribution in [3.8, 4) is 11.5 Å². The van der Waals surface area contributed by atoms with Crippen LogP contribution in [0.3, 0.4) is 0 Å². The van der Waals surface area contributed by atoms with Crippen molar-refractivity contribution in [3.05, 3.63) is 72.1 Å². The molecule has 0 radical (unpaired) electrons. The second kappa shape index (κ2) is 11.6. The Morgan fingerprint density at radius 2 is 2.00 bits per heavy atom. The number of hydrogen-bond acceptors (Lipinski definition) is 11. The van der Waals surface area contributed by atoms with Crippen LogP contribution in [-0.4, -0.2) is 49.0 Å². The molecule has 1 unspecified atom stereocenters. The number of thiophene rings is 1. The fraction of sp³-hybridized carbons (Fsp3) is 0.276. The third-order valence-electron chi connectivity index (χ3n) is 6.21. The number of pyridine rings is 2. The topological polar surface area (TPSA) is 102 Å². The van der Waals surface area contributed by atoms with E-state index in [4.69, 9.17) is 19.4 Å². The van der Waals surface area contributed by atoms with Gasteiger partial charge in [-0.15, -0.1) is 11.3 Å². The molecule has 9 nitrogen and oxygen atoms in total. The Bertz CT molecular complexity index is 1670. The number of hydrogen-bond donors (Lipinski definition) is 1. The molecule has 1 saturated heterocycles. The SMILES string of the molecule is CC(C)(C)OC(=O)N1CCC(c2nsc(Nc3ncc(Sc4ccnc5ccsc45)cc3Oc3ccccc3)n2)C1. The fourth-order valence-electron chi connectivity index (χ4n) is 4.34. The molecule has 1 atom stereocenters. The van der Waals surface area contributed by atoms with Gasteiger partial charge in [0.15, 0.2) is 11.6 Å². The van der Waals surface area contributed by atoms with E-state index in [0.717, 1.165) is 26.4 Å². The number of ether oxygens (including phenoxy) is 2. The Labute approximate surface area is 250 Å². The molecular formula is C29H28N6O3S3. The van der Waals surface area contributed by atoms with E-state index < -0.39 is 5.60 Å². The lowest BCUT2D eigenvalue weighted by molar-refractivity contribution is 0.0292. The molecule has 6 rings (SSSR count). The van der Waals surface area contributed by atoms with Crippen LogP contribution in [0, 0.1) is 0 Å². The molecule has 1 N–H and O–H groups in total. The lowest BCUT2D eigenvalue weighted by atomic mass is 10.1. The van der Waals surface area contributed by atoms with E-state index >= 15 is 0 Å². The van der Waals surface area contributed by atoms with Crippen LogP contribution in [-0.2, 0) is 4.74 Å². The summed E-state index contributed by atoms with van der Waals surface area (Å²) in [4.78, 5) is 30.2. The van der Waals surface area contributed by atoms with Crippen LogP contribution in [0.4, 0.5) is 15.7 Å². The van der Waals surface area contributed by atoms with Crippen molar-refractivity contribution in [1.82, 2.24) is 24.2 Å². The minimum atomic E-state index is -0.528. The number of fused-ring (bicyclic) bond motifs is 1. The number of benzene rings is 1. The van der Waals surface area contributed by atoms with E-state index in [9.17, 15) is 4.79 Å². The first-order valence-electron chi connectivity index (χ1n) is 13.1. The molecule has 1 amide bonds. The Hall–Kier alpha value is -3.74. The summed E-state index contributed by atoms with van der Waals surface area (Å²) in [6.45, 7) is 6.76. The Morgan fingerprint density at radius 1 is 1.15 bits per heavy atom. The summed E-state index contributed by atoms with van der Waals surface area (Å²) >= 11 is 4.55. The smallest absolute Gasteiger partial charge is 0.410 e. The van der Waals surface area contributed by atoms with Gasteiger partial charge in [0.1, 0.15) is 17.2 Å². The van der Waals surface area contributed by atoms with Crippen LogP contribution < -0.4 is 10.1 Å². The minimum Gasteiger partial charge on any atom is -0.453 e. The van der Waals surface area contributed by atoms with Crippen LogP contribution in [0.15, 0.2) is 76.1 Å². The predicted molar refractivity (Wildman–Crippen MR) is 163 cm³/mol. The number of amides is 1. The number of carbonyl (C=O) groups excluding carboxylic acids is 1. The first-order valence-corrected chi connectivity index (χ1v) is 15.6. The Balaban J connectivity index is 1.20. The Kier molecular flexibility index (Phi) is 7.78. The second-order valence-electron chi connectivity index (χ2n) is 10.5. The quantitative estimate of drug-likeness (QED) is 0.198. The first kappa shape index (κ1) is 27.4. The maximum Gasteiger partial charge on any atom is 0.410 e. The van der Waals surface area contributed by atoms with Crippen molar-refractivity contribution in [2.24, 2.45) is 0 Å². The van der Waals surface area contributed by atoms with Gasteiger partial charge in [-0.2, -0.15) is 4.37 Å². The monoisotopic (exact) mass is 604 g/mol. The minimum absolute atomic E-state index is 0.0514. The van der Waals surface area contributed by atoms with Gasteiger partial charge in [0.25, 0.3) is 0 Å². The molecular weight excluding hydrogens is 577 g/mol. The molecule has 1 aliphatic heterocycles. The number of rotatable bonds is 7. The molecule has 210 valence electrons. The van der Waals surface area contributed by atoms with Crippen molar-refractivity contribution >= 4 is 61.9 Å². The summed E-state index contributed by atoms with van der Waals surface area (Å²) in [5.41, 5.74) is 0.454. The number of anilines is 2. The summed E-state index contributed by atoms with van der Waals surface area (Å²) in [6.07, 6.45) is 4.13. The summed E-state index contributed by atoms with van der Waals surface area (Å²) in [7, 11) is 0. The van der Waals surface area contributed by atoms with Crippen LogP contribution in [0.2, 0.25) is 0 Å². The van der Waals surface area contributed by atoms with Gasteiger partial charge >= 0.3 is 6.09 Å². The fourth-order valence-corrected chi connectivity index (χ4v) is 6.87. The van der Waals surface area contributed by atoms with Crippen molar-refractivity contribution in [3.63, 3.8) is 0 Å². The van der Waals surface area contributed by atoms with Gasteiger partial charge in [0.05, 0.1) is 10.2 Å². The maximum atomic E-state index is 12.5. The molecule has 12 heteroatoms. The first-order chi connectivity index (χ1) is 19.8. The Morgan fingerprint density at radius 3 is 2.83 bits per heavy atom. The third-order valence-corrected chi connectivity index (χ3v) is 8.94. The molecule has 5 aromatic rings. The van der Waals surface area contributed by atoms with E-state index in [2.05, 4.69) is 14.7 Å². The molecule has 0 saturated carbocycles. The zero-order valence-electron chi connectivity index (χ0n) is 22.7. The van der Waals surface area contributed by atoms with Gasteiger partial charge < -0.3 is 19.7 Å². The molecule has 4 aromatic heterocycles. The standard InChI is InChI=1S/C29H28N6O3S3/c1-29(2,3)38-28(36)35-13-10-18(17-35)25-32-27(41-34-25)33-26-22(37-19-7-5-4-6-8-19)15-20(16-31-26)40-23-9-12-30-21-11-14-39-24(21)23/h4-9,11-12,14-16,18H,10,13,17H2,1-3H3,(H,31,32,33,34). The summed E-state index contributed by atoms with van der Waals surface area (Å²) in [5, 5.41) is 5.96. The maximum absolute atomic E-state index is 12.5. The highest BCUT2D eigenvalue weighted by atomic mass is 32.2. The van der Waals surface area contributed by atoms with E-state index in [-0.39, 0.29) is 12.0 Å². The van der Waals surface area contributed by atoms with Crippen LogP contribution >= 0.6 is 34.6 Å². The van der Waals surface area contributed by atoms with Crippen molar-refractivity contribution in [2.75, 3.05) is 18.4 Å². The van der Waals surface area contributed by atoms with E-state index in [1.807, 2.05) is 87.1 Å². The molecule has 41 heavy (non-hydrogen) atoms. The van der Waals surface area contributed by atoms with Crippen molar-refractivity contribution < 1.29 is 14.3 Å². The van der Waals surface area contributed by atoms with Crippen LogP contribution in [0.1, 0.15) is 38.9 Å². The highest BCUT2D eigenvalue weighted by Gasteiger charge is 2.32. The zero-order valence-corrected chi connectivity index (χ0v) is 25.2. The van der Waals surface area contributed by atoms with Gasteiger partial charge in [0, 0.05) is 58.8 Å². The highest BCUT2D eigenvalue weighted by molar-refractivity contribution is 7.99. The molecule has 1 aliphatic rings. The van der Waals surface area contributed by atoms with Gasteiger partial charge in [-0.3, -0.25) is 4.98 Å². The van der Waals surface area contributed by atoms with Crippen molar-refractivity contribution in [1.29, 1.82) is 0 Å². The number of nitrogens with one attached hydrogen (secondary N) is 1. The zero-order chi connectivity index (χ0) is 28.4. The van der Waals surface area contributed by atoms with E-state index in [1.54, 1.807) is 28.0 Å². The van der Waals surface area contributed by atoms with Gasteiger partial charge in [-0.05, 0) is 56.8 Å². The average Bonchev–Trinajstić information content (AvgIpc) is 3.71.